The quantitative estimate of drug-likeness (QED) is 0.496. The van der Waals surface area contributed by atoms with Gasteiger partial charge in [0.05, 0.1) is 11.8 Å². The van der Waals surface area contributed by atoms with Gasteiger partial charge in [-0.1, -0.05) is 18.2 Å². The lowest BCUT2D eigenvalue weighted by molar-refractivity contribution is -0.0499. The molecule has 0 atom stereocenters. The van der Waals surface area contributed by atoms with Crippen LogP contribution in [-0.2, 0) is 10.1 Å². The van der Waals surface area contributed by atoms with Gasteiger partial charge in [-0.15, -0.1) is 0 Å². The first-order valence-electron chi connectivity index (χ1n) is 6.13. The van der Waals surface area contributed by atoms with E-state index in [2.05, 4.69) is 9.17 Å². The minimum atomic E-state index is -6.12. The van der Waals surface area contributed by atoms with E-state index in [1.54, 1.807) is 0 Å². The third kappa shape index (κ3) is 3.52. The highest BCUT2D eigenvalue weighted by atomic mass is 32.2. The second kappa shape index (κ2) is 6.27. The number of pyridine rings is 1. The number of alkyl halides is 3. The zero-order valence-corrected chi connectivity index (χ0v) is 12.5. The Hall–Kier alpha value is -2.76. The molecule has 0 fully saturated rings. The number of carbonyl (C=O) groups is 1. The van der Waals surface area contributed by atoms with Gasteiger partial charge >= 0.3 is 21.6 Å². The second-order valence-corrected chi connectivity index (χ2v) is 5.97. The molecule has 134 valence electrons. The van der Waals surface area contributed by atoms with Crippen LogP contribution in [0.4, 0.5) is 22.0 Å². The van der Waals surface area contributed by atoms with E-state index in [1.165, 1.54) is 0 Å². The molecule has 0 aliphatic rings. The van der Waals surface area contributed by atoms with E-state index in [0.717, 1.165) is 18.2 Å². The van der Waals surface area contributed by atoms with Crippen molar-refractivity contribution in [3.05, 3.63) is 47.8 Å². The Bertz CT molecular complexity index is 942. The van der Waals surface area contributed by atoms with Gasteiger partial charge in [-0.25, -0.2) is 18.6 Å². The third-order valence-corrected chi connectivity index (χ3v) is 3.78. The summed E-state index contributed by atoms with van der Waals surface area (Å²) in [6.45, 7) is 0. The maximum atomic E-state index is 14.0. The number of carboxylic acids is 1. The summed E-state index contributed by atoms with van der Waals surface area (Å²) < 4.78 is 91.0. The predicted molar refractivity (Wildman–Crippen MR) is 72.2 cm³/mol. The van der Waals surface area contributed by atoms with Gasteiger partial charge in [-0.3, -0.25) is 0 Å². The fraction of sp³-hybridized carbons (Fsp3) is 0.0769. The predicted octanol–water partition coefficient (Wildman–Crippen LogP) is 2.95. The van der Waals surface area contributed by atoms with E-state index in [0.29, 0.717) is 6.07 Å². The minimum absolute atomic E-state index is 0.262. The molecule has 12 heteroatoms. The van der Waals surface area contributed by atoms with Crippen LogP contribution in [0.25, 0.3) is 11.1 Å². The lowest BCUT2D eigenvalue weighted by atomic mass is 10.0. The lowest BCUT2D eigenvalue weighted by Crippen LogP contribution is -2.28. The van der Waals surface area contributed by atoms with Gasteiger partial charge < -0.3 is 9.29 Å². The number of aromatic carboxylic acids is 1. The Labute approximate surface area is 136 Å². The van der Waals surface area contributed by atoms with Gasteiger partial charge in [-0.05, 0) is 6.07 Å². The first kappa shape index (κ1) is 18.6. The van der Waals surface area contributed by atoms with Crippen molar-refractivity contribution in [1.82, 2.24) is 4.98 Å². The smallest absolute Gasteiger partial charge is 0.476 e. The maximum Gasteiger partial charge on any atom is 0.534 e. The van der Waals surface area contributed by atoms with Crippen LogP contribution in [-0.4, -0.2) is 30.0 Å². The number of hydrogen-bond donors (Lipinski definition) is 1. The van der Waals surface area contributed by atoms with Crippen LogP contribution in [0, 0.1) is 11.6 Å². The second-order valence-electron chi connectivity index (χ2n) is 4.43. The maximum absolute atomic E-state index is 14.0. The molecule has 1 heterocycles. The van der Waals surface area contributed by atoms with Gasteiger partial charge in [-0.2, -0.15) is 21.6 Å². The summed E-state index contributed by atoms with van der Waals surface area (Å²) in [4.78, 5) is 14.3. The molecule has 0 bridgehead atoms. The Morgan fingerprint density at radius 1 is 1.16 bits per heavy atom. The fourth-order valence-electron chi connectivity index (χ4n) is 1.79. The summed E-state index contributed by atoms with van der Waals surface area (Å²) in [5, 5.41) is 9.00. The first-order chi connectivity index (χ1) is 11.5. The van der Waals surface area contributed by atoms with Gasteiger partial charge in [0, 0.05) is 5.56 Å². The highest BCUT2D eigenvalue weighted by molar-refractivity contribution is 7.88. The largest absolute Gasteiger partial charge is 0.534 e. The molecule has 1 aromatic heterocycles. The highest BCUT2D eigenvalue weighted by Gasteiger charge is 2.49. The summed E-state index contributed by atoms with van der Waals surface area (Å²) in [5.41, 5.74) is -8.62. The Morgan fingerprint density at radius 3 is 2.32 bits per heavy atom. The van der Waals surface area contributed by atoms with E-state index in [9.17, 15) is 35.2 Å². The zero-order valence-electron chi connectivity index (χ0n) is 11.7. The van der Waals surface area contributed by atoms with Crippen LogP contribution < -0.4 is 4.18 Å². The van der Waals surface area contributed by atoms with Crippen molar-refractivity contribution in [1.29, 1.82) is 0 Å². The molecule has 0 saturated heterocycles. The summed E-state index contributed by atoms with van der Waals surface area (Å²) >= 11 is 0. The van der Waals surface area contributed by atoms with Crippen molar-refractivity contribution in [2.24, 2.45) is 0 Å². The normalized spacial score (nSPS) is 12.0. The van der Waals surface area contributed by atoms with Gasteiger partial charge in [0.2, 0.25) is 0 Å². The number of benzene rings is 1. The first-order valence-corrected chi connectivity index (χ1v) is 7.54. The topological polar surface area (TPSA) is 93.6 Å². The Morgan fingerprint density at radius 2 is 1.76 bits per heavy atom. The van der Waals surface area contributed by atoms with Crippen LogP contribution in [0.5, 0.6) is 5.75 Å². The minimum Gasteiger partial charge on any atom is -0.476 e. The van der Waals surface area contributed by atoms with E-state index >= 15 is 0 Å². The van der Waals surface area contributed by atoms with Crippen LogP contribution >= 0.6 is 0 Å². The van der Waals surface area contributed by atoms with E-state index in [-0.39, 0.29) is 6.20 Å². The van der Waals surface area contributed by atoms with Crippen molar-refractivity contribution in [2.75, 3.05) is 0 Å². The van der Waals surface area contributed by atoms with Crippen molar-refractivity contribution in [2.45, 2.75) is 5.51 Å². The van der Waals surface area contributed by atoms with E-state index in [4.69, 9.17) is 5.11 Å². The average Bonchev–Trinajstić information content (AvgIpc) is 2.49. The van der Waals surface area contributed by atoms with Crippen molar-refractivity contribution >= 4 is 16.1 Å². The fourth-order valence-corrected chi connectivity index (χ4v) is 2.26. The van der Waals surface area contributed by atoms with Crippen LogP contribution in [0.1, 0.15) is 10.5 Å². The van der Waals surface area contributed by atoms with E-state index in [1.807, 2.05) is 0 Å². The molecule has 0 amide bonds. The molecule has 25 heavy (non-hydrogen) atoms. The van der Waals surface area contributed by atoms with Gasteiger partial charge in [0.1, 0.15) is 0 Å². The van der Waals surface area contributed by atoms with E-state index < -0.39 is 55.8 Å². The molecule has 0 radical (unpaired) electrons. The molecule has 0 spiro atoms. The number of carboxylic acid groups (broad SMARTS) is 1. The number of rotatable bonds is 4. The molecule has 0 unspecified atom stereocenters. The molecule has 6 nitrogen and oxygen atoms in total. The lowest BCUT2D eigenvalue weighted by Gasteiger charge is -2.14. The Kier molecular flexibility index (Phi) is 4.66. The molecular formula is C13H6F5NO5S. The van der Waals surface area contributed by atoms with Crippen molar-refractivity contribution < 1.29 is 44.5 Å². The third-order valence-electron chi connectivity index (χ3n) is 2.81. The van der Waals surface area contributed by atoms with Crippen molar-refractivity contribution in [3.63, 3.8) is 0 Å². The molecule has 2 aromatic rings. The summed E-state index contributed by atoms with van der Waals surface area (Å²) in [7, 11) is -6.12. The monoisotopic (exact) mass is 383 g/mol. The highest BCUT2D eigenvalue weighted by Crippen LogP contribution is 2.37. The number of para-hydroxylation sites is 1. The molecule has 2 rings (SSSR count). The van der Waals surface area contributed by atoms with Gasteiger partial charge in [0.15, 0.2) is 23.1 Å². The van der Waals surface area contributed by atoms with Gasteiger partial charge in [0.25, 0.3) is 0 Å². The molecule has 1 N–H and O–H groups in total. The summed E-state index contributed by atoms with van der Waals surface area (Å²) in [5.74, 6) is -6.20. The number of halogens is 5. The molecule has 0 aliphatic heterocycles. The average molecular weight is 383 g/mol. The molecule has 1 aromatic carbocycles. The van der Waals surface area contributed by atoms with Crippen LogP contribution in [0.3, 0.4) is 0 Å². The number of nitrogens with zero attached hydrogens (tertiary/aromatic N) is 1. The van der Waals surface area contributed by atoms with Crippen molar-refractivity contribution in [3.8, 4) is 16.9 Å². The standard InChI is InChI=1S/C13H6F5NO5S/c14-7-5-19-11(12(20)21)9(10(7)15)6-3-1-2-4-8(6)24-25(22,23)13(16,17)18/h1-5H,(H,20,21). The molecule has 0 saturated carbocycles. The summed E-state index contributed by atoms with van der Waals surface area (Å²) in [6, 6.07) is 3.75. The number of aromatic nitrogens is 1. The molecule has 0 aliphatic carbocycles. The Balaban J connectivity index is 2.72. The SMILES string of the molecule is O=C(O)c1ncc(F)c(F)c1-c1ccccc1OS(=O)(=O)C(F)(F)F. The van der Waals surface area contributed by atoms with Crippen LogP contribution in [0.15, 0.2) is 30.5 Å². The zero-order chi connectivity index (χ0) is 19.0. The molecular weight excluding hydrogens is 377 g/mol. The van der Waals surface area contributed by atoms with Crippen LogP contribution in [0.2, 0.25) is 0 Å². The number of hydrogen-bond acceptors (Lipinski definition) is 5. The summed E-state index contributed by atoms with van der Waals surface area (Å²) in [6.07, 6.45) is 0.262.